The smallest absolute Gasteiger partial charge is 0.160 e. The van der Waals surface area contributed by atoms with Gasteiger partial charge in [0.15, 0.2) is 5.82 Å². The third kappa shape index (κ3) is 5.58. The fourth-order valence-corrected chi connectivity index (χ4v) is 6.57. The van der Waals surface area contributed by atoms with Crippen molar-refractivity contribution >= 4 is 21.9 Å². The summed E-state index contributed by atoms with van der Waals surface area (Å²) in [7, 11) is 0. The van der Waals surface area contributed by atoms with Gasteiger partial charge in [0.25, 0.3) is 0 Å². The van der Waals surface area contributed by atoms with Crippen LogP contribution in [0.5, 0.6) is 0 Å². The van der Waals surface area contributed by atoms with Gasteiger partial charge in [-0.3, -0.25) is 0 Å². The van der Waals surface area contributed by atoms with Gasteiger partial charge in [0.2, 0.25) is 0 Å². The maximum Gasteiger partial charge on any atom is 0.160 e. The summed E-state index contributed by atoms with van der Waals surface area (Å²) in [5.74, 6) is 0.698. The van der Waals surface area contributed by atoms with Crippen LogP contribution < -0.4 is 0 Å². The van der Waals surface area contributed by atoms with Gasteiger partial charge in [0.1, 0.15) is 11.2 Å². The van der Waals surface area contributed by atoms with Crippen molar-refractivity contribution in [2.75, 3.05) is 0 Å². The minimum Gasteiger partial charge on any atom is -0.456 e. The van der Waals surface area contributed by atoms with Gasteiger partial charge in [-0.15, -0.1) is 0 Å². The van der Waals surface area contributed by atoms with Gasteiger partial charge >= 0.3 is 0 Å². The quantitative estimate of drug-likeness (QED) is 0.184. The minimum absolute atomic E-state index is 0.698. The van der Waals surface area contributed by atoms with Crippen molar-refractivity contribution < 1.29 is 4.42 Å². The maximum atomic E-state index is 6.37. The summed E-state index contributed by atoms with van der Waals surface area (Å²) < 4.78 is 6.37. The molecule has 0 atom stereocenters. The fraction of sp³-hybridized carbons (Fsp3) is 0. The lowest BCUT2D eigenvalue weighted by Crippen LogP contribution is -1.95. The molecule has 0 amide bonds. The van der Waals surface area contributed by atoms with Crippen LogP contribution in [0.25, 0.3) is 89.2 Å². The van der Waals surface area contributed by atoms with Crippen molar-refractivity contribution in [3.63, 3.8) is 0 Å². The van der Waals surface area contributed by atoms with Crippen LogP contribution in [0.3, 0.4) is 0 Å². The lowest BCUT2D eigenvalue weighted by molar-refractivity contribution is 0.669. The van der Waals surface area contributed by atoms with E-state index >= 15 is 0 Å². The number of hydrogen-bond donors (Lipinski definition) is 0. The predicted octanol–water partition coefficient (Wildman–Crippen LogP) is 12.4. The molecule has 0 N–H and O–H groups in total. The number of furan rings is 1. The second-order valence-electron chi connectivity index (χ2n) is 12.2. The lowest BCUT2D eigenvalue weighted by atomic mass is 9.93. The molecule has 0 aliphatic rings. The van der Waals surface area contributed by atoms with Crippen molar-refractivity contribution in [1.82, 2.24) is 9.97 Å². The standard InChI is InChI=1S/C46H30N2O/c1-5-13-31(14-6-1)37-25-38(32-15-7-2-8-16-32)27-39(26-37)35-21-23-44-40(28-35)41-29-36(22-24-45(41)49-44)43-30-42(33-17-9-3-10-18-33)47-46(48-43)34-19-11-4-12-20-34/h1-30H. The SMILES string of the molecule is c1ccc(-c2cc(-c3ccccc3)cc(-c3ccc4oc5ccc(-c6cc(-c7ccccc7)nc(-c7ccccc7)n6)cc5c4c3)c2)cc1. The Bertz CT molecular complexity index is 2280. The molecule has 2 aromatic heterocycles. The first-order valence-electron chi connectivity index (χ1n) is 16.5. The van der Waals surface area contributed by atoms with Crippen LogP contribution in [0, 0.1) is 0 Å². The number of rotatable bonds is 6. The number of fused-ring (bicyclic) bond motifs is 3. The average Bonchev–Trinajstić information content (AvgIpc) is 3.56. The molecule has 3 heteroatoms. The topological polar surface area (TPSA) is 38.9 Å². The monoisotopic (exact) mass is 626 g/mol. The Balaban J connectivity index is 1.19. The molecule has 0 unspecified atom stereocenters. The lowest BCUT2D eigenvalue weighted by Gasteiger charge is -2.11. The molecule has 0 aliphatic heterocycles. The van der Waals surface area contributed by atoms with E-state index in [-0.39, 0.29) is 0 Å². The molecule has 0 spiro atoms. The van der Waals surface area contributed by atoms with E-state index in [0.717, 1.165) is 61.1 Å². The zero-order valence-electron chi connectivity index (χ0n) is 26.6. The summed E-state index contributed by atoms with van der Waals surface area (Å²) in [6.45, 7) is 0. The summed E-state index contributed by atoms with van der Waals surface area (Å²) in [5.41, 5.74) is 13.5. The number of benzene rings is 7. The molecule has 0 fully saturated rings. The first-order chi connectivity index (χ1) is 24.2. The average molecular weight is 627 g/mol. The zero-order chi connectivity index (χ0) is 32.6. The van der Waals surface area contributed by atoms with Gasteiger partial charge in [0, 0.05) is 27.5 Å². The molecular weight excluding hydrogens is 597 g/mol. The second-order valence-corrected chi connectivity index (χ2v) is 12.2. The Morgan fingerprint density at radius 2 is 0.694 bits per heavy atom. The van der Waals surface area contributed by atoms with Crippen LogP contribution in [0.15, 0.2) is 186 Å². The molecule has 0 saturated heterocycles. The Hall–Kier alpha value is -6.58. The summed E-state index contributed by atoms with van der Waals surface area (Å²) in [6, 6.07) is 63.4. The molecule has 7 aromatic carbocycles. The third-order valence-electron chi connectivity index (χ3n) is 9.07. The highest BCUT2D eigenvalue weighted by molar-refractivity contribution is 6.07. The molecule has 9 aromatic rings. The molecule has 0 bridgehead atoms. The normalized spacial score (nSPS) is 11.3. The van der Waals surface area contributed by atoms with Crippen molar-refractivity contribution in [3.8, 4) is 67.3 Å². The summed E-state index contributed by atoms with van der Waals surface area (Å²) in [6.07, 6.45) is 0. The molecule has 9 rings (SSSR count). The van der Waals surface area contributed by atoms with Crippen LogP contribution in [-0.4, -0.2) is 9.97 Å². The summed E-state index contributed by atoms with van der Waals surface area (Å²) in [4.78, 5) is 10.0. The highest BCUT2D eigenvalue weighted by Gasteiger charge is 2.15. The molecule has 0 saturated carbocycles. The molecule has 0 radical (unpaired) electrons. The van der Waals surface area contributed by atoms with Gasteiger partial charge in [-0.25, -0.2) is 9.97 Å². The van der Waals surface area contributed by atoms with E-state index in [9.17, 15) is 0 Å². The van der Waals surface area contributed by atoms with Crippen molar-refractivity contribution in [2.45, 2.75) is 0 Å². The zero-order valence-corrected chi connectivity index (χ0v) is 26.6. The molecule has 49 heavy (non-hydrogen) atoms. The molecule has 3 nitrogen and oxygen atoms in total. The van der Waals surface area contributed by atoms with E-state index < -0.39 is 0 Å². The first kappa shape index (κ1) is 28.6. The van der Waals surface area contributed by atoms with Gasteiger partial charge in [0.05, 0.1) is 11.4 Å². The van der Waals surface area contributed by atoms with Gasteiger partial charge < -0.3 is 4.42 Å². The predicted molar refractivity (Wildman–Crippen MR) is 202 cm³/mol. The number of hydrogen-bond acceptors (Lipinski definition) is 3. The molecular formula is C46H30N2O. The van der Waals surface area contributed by atoms with Crippen LogP contribution in [0.1, 0.15) is 0 Å². The van der Waals surface area contributed by atoms with Crippen molar-refractivity contribution in [1.29, 1.82) is 0 Å². The summed E-state index contributed by atoms with van der Waals surface area (Å²) in [5, 5.41) is 2.12. The Kier molecular flexibility index (Phi) is 7.14. The number of nitrogens with zero attached hydrogens (tertiary/aromatic N) is 2. The van der Waals surface area contributed by atoms with Crippen molar-refractivity contribution in [3.05, 3.63) is 182 Å². The van der Waals surface area contributed by atoms with E-state index in [2.05, 4.69) is 146 Å². The van der Waals surface area contributed by atoms with Crippen LogP contribution >= 0.6 is 0 Å². The van der Waals surface area contributed by atoms with Gasteiger partial charge in [-0.1, -0.05) is 127 Å². The fourth-order valence-electron chi connectivity index (χ4n) is 6.57. The number of aromatic nitrogens is 2. The first-order valence-corrected chi connectivity index (χ1v) is 16.5. The Labute approximate surface area is 284 Å². The molecule has 230 valence electrons. The van der Waals surface area contributed by atoms with Crippen molar-refractivity contribution in [2.24, 2.45) is 0 Å². The Morgan fingerprint density at radius 3 is 1.22 bits per heavy atom. The third-order valence-corrected chi connectivity index (χ3v) is 9.07. The van der Waals surface area contributed by atoms with Gasteiger partial charge in [-0.05, 0) is 88.0 Å². The molecule has 0 aliphatic carbocycles. The largest absolute Gasteiger partial charge is 0.456 e. The molecule has 2 heterocycles. The van der Waals surface area contributed by atoms with E-state index in [0.29, 0.717) is 5.82 Å². The second kappa shape index (κ2) is 12.2. The van der Waals surface area contributed by atoms with Crippen LogP contribution in [0.4, 0.5) is 0 Å². The highest BCUT2D eigenvalue weighted by Crippen LogP contribution is 2.38. The van der Waals surface area contributed by atoms with Gasteiger partial charge in [-0.2, -0.15) is 0 Å². The van der Waals surface area contributed by atoms with E-state index in [4.69, 9.17) is 14.4 Å². The van der Waals surface area contributed by atoms with E-state index in [1.807, 2.05) is 36.4 Å². The summed E-state index contributed by atoms with van der Waals surface area (Å²) >= 11 is 0. The maximum absolute atomic E-state index is 6.37. The van der Waals surface area contributed by atoms with E-state index in [1.54, 1.807) is 0 Å². The highest BCUT2D eigenvalue weighted by atomic mass is 16.3. The Morgan fingerprint density at radius 1 is 0.286 bits per heavy atom. The minimum atomic E-state index is 0.698. The van der Waals surface area contributed by atoms with E-state index in [1.165, 1.54) is 22.3 Å². The van der Waals surface area contributed by atoms with Crippen LogP contribution in [-0.2, 0) is 0 Å². The van der Waals surface area contributed by atoms with Crippen LogP contribution in [0.2, 0.25) is 0 Å².